The Hall–Kier alpha value is -3.28. The number of ether oxygens (including phenoxy) is 1. The molecular formula is C30H41N7O3S. The van der Waals surface area contributed by atoms with Gasteiger partial charge in [0.1, 0.15) is 11.9 Å². The first-order valence-corrected chi connectivity index (χ1v) is 15.8. The molecule has 1 saturated heterocycles. The highest BCUT2D eigenvalue weighted by Gasteiger charge is 2.37. The molecule has 1 aliphatic carbocycles. The van der Waals surface area contributed by atoms with Gasteiger partial charge in [0.25, 0.3) is 0 Å². The predicted octanol–water partition coefficient (Wildman–Crippen LogP) is 5.08. The van der Waals surface area contributed by atoms with Crippen LogP contribution < -0.4 is 10.6 Å². The largest absolute Gasteiger partial charge is 0.369 e. The van der Waals surface area contributed by atoms with Gasteiger partial charge in [0.05, 0.1) is 39.1 Å². The van der Waals surface area contributed by atoms with Crippen molar-refractivity contribution in [2.75, 3.05) is 30.8 Å². The maximum atomic E-state index is 13.1. The average Bonchev–Trinajstić information content (AvgIpc) is 3.39. The van der Waals surface area contributed by atoms with Crippen LogP contribution >= 0.6 is 0 Å². The lowest BCUT2D eigenvalue weighted by Crippen LogP contribution is -2.48. The molecule has 3 heterocycles. The van der Waals surface area contributed by atoms with Crippen LogP contribution in [0, 0.1) is 5.92 Å². The van der Waals surface area contributed by atoms with E-state index >= 15 is 0 Å². The number of aromatic nitrogens is 4. The van der Waals surface area contributed by atoms with Crippen molar-refractivity contribution in [2.45, 2.75) is 75.4 Å². The van der Waals surface area contributed by atoms with E-state index in [0.29, 0.717) is 34.4 Å². The van der Waals surface area contributed by atoms with Crippen LogP contribution in [0.3, 0.4) is 0 Å². The maximum Gasteiger partial charge on any atom is 0.227 e. The molecule has 0 radical (unpaired) electrons. The standard InChI is InChI=1S/C30H41N7O3S/c1-19(2)40-26-17-22(21-12-15-37(6)16-13-21)11-14-30(26,5)35-29-33-27(23-18-31-36-28(23)34-29)32-24-9-7-8-10-25(24)41(38,39)20(3)4/h7-11,14,17-21,26H,12-13,15-16H2,1-6H3,(H3,31,32,33,34,35,36). The third-order valence-corrected chi connectivity index (χ3v) is 10.1. The van der Waals surface area contributed by atoms with Crippen LogP contribution in [0.15, 0.2) is 59.2 Å². The van der Waals surface area contributed by atoms with Crippen molar-refractivity contribution < 1.29 is 13.2 Å². The summed E-state index contributed by atoms with van der Waals surface area (Å²) in [7, 11) is -1.35. The summed E-state index contributed by atoms with van der Waals surface area (Å²) in [6.45, 7) is 11.7. The molecule has 2 unspecified atom stereocenters. The van der Waals surface area contributed by atoms with Crippen LogP contribution in [0.5, 0.6) is 0 Å². The van der Waals surface area contributed by atoms with E-state index in [4.69, 9.17) is 14.7 Å². The molecule has 5 rings (SSSR count). The molecule has 1 aliphatic heterocycles. The van der Waals surface area contributed by atoms with Gasteiger partial charge in [-0.1, -0.05) is 24.3 Å². The Kier molecular flexibility index (Phi) is 8.22. The first-order valence-electron chi connectivity index (χ1n) is 14.3. The van der Waals surface area contributed by atoms with Crippen LogP contribution in [0.25, 0.3) is 11.0 Å². The number of likely N-dealkylation sites (tertiary alicyclic amines) is 1. The van der Waals surface area contributed by atoms with E-state index in [1.165, 1.54) is 5.57 Å². The Morgan fingerprint density at radius 2 is 1.85 bits per heavy atom. The number of anilines is 3. The van der Waals surface area contributed by atoms with Crippen molar-refractivity contribution in [1.82, 2.24) is 25.1 Å². The number of piperidine rings is 1. The Bertz CT molecular complexity index is 1560. The average molecular weight is 580 g/mol. The molecule has 0 bridgehead atoms. The molecule has 2 aliphatic rings. The van der Waals surface area contributed by atoms with E-state index in [-0.39, 0.29) is 17.1 Å². The van der Waals surface area contributed by atoms with Gasteiger partial charge in [0, 0.05) is 0 Å². The van der Waals surface area contributed by atoms with Crippen molar-refractivity contribution in [3.05, 3.63) is 54.3 Å². The van der Waals surface area contributed by atoms with Crippen molar-refractivity contribution >= 4 is 38.3 Å². The second kappa shape index (κ2) is 11.5. The van der Waals surface area contributed by atoms with E-state index in [2.05, 4.69) is 57.9 Å². The smallest absolute Gasteiger partial charge is 0.227 e. The van der Waals surface area contributed by atoms with Crippen molar-refractivity contribution in [2.24, 2.45) is 5.92 Å². The molecule has 1 aromatic carbocycles. The molecule has 11 heteroatoms. The third-order valence-electron chi connectivity index (χ3n) is 7.92. The van der Waals surface area contributed by atoms with Gasteiger partial charge in [0.15, 0.2) is 15.5 Å². The Morgan fingerprint density at radius 3 is 2.56 bits per heavy atom. The van der Waals surface area contributed by atoms with Crippen molar-refractivity contribution in [3.8, 4) is 0 Å². The molecule has 2 atom stereocenters. The number of sulfone groups is 1. The zero-order chi connectivity index (χ0) is 29.4. The number of hydrogen-bond acceptors (Lipinski definition) is 9. The zero-order valence-corrected chi connectivity index (χ0v) is 25.5. The fourth-order valence-corrected chi connectivity index (χ4v) is 6.60. The van der Waals surface area contributed by atoms with Gasteiger partial charge in [-0.15, -0.1) is 0 Å². The van der Waals surface area contributed by atoms with Gasteiger partial charge in [-0.2, -0.15) is 15.1 Å². The molecule has 0 spiro atoms. The van der Waals surface area contributed by atoms with Gasteiger partial charge >= 0.3 is 0 Å². The first kappa shape index (κ1) is 29.2. The van der Waals surface area contributed by atoms with Gasteiger partial charge in [-0.05, 0) is 97.3 Å². The lowest BCUT2D eigenvalue weighted by atomic mass is 9.80. The summed E-state index contributed by atoms with van der Waals surface area (Å²) >= 11 is 0. The summed E-state index contributed by atoms with van der Waals surface area (Å²) in [6, 6.07) is 6.87. The summed E-state index contributed by atoms with van der Waals surface area (Å²) in [5.41, 5.74) is 1.67. The van der Waals surface area contributed by atoms with E-state index in [9.17, 15) is 8.42 Å². The van der Waals surface area contributed by atoms with E-state index in [0.717, 1.165) is 25.9 Å². The number of rotatable bonds is 9. The number of nitrogens with one attached hydrogen (secondary N) is 3. The van der Waals surface area contributed by atoms with E-state index < -0.39 is 20.6 Å². The lowest BCUT2D eigenvalue weighted by Gasteiger charge is -2.40. The Balaban J connectivity index is 1.47. The number of para-hydroxylation sites is 1. The van der Waals surface area contributed by atoms with Gasteiger partial charge in [0.2, 0.25) is 5.95 Å². The van der Waals surface area contributed by atoms with E-state index in [1.54, 1.807) is 44.3 Å². The number of hydrogen-bond donors (Lipinski definition) is 3. The van der Waals surface area contributed by atoms with Crippen molar-refractivity contribution in [1.29, 1.82) is 0 Å². The normalized spacial score (nSPS) is 22.4. The van der Waals surface area contributed by atoms with Crippen LogP contribution in [-0.2, 0) is 14.6 Å². The fraction of sp³-hybridized carbons (Fsp3) is 0.500. The molecule has 3 aromatic rings. The molecule has 0 saturated carbocycles. The van der Waals surface area contributed by atoms with Gasteiger partial charge < -0.3 is 20.3 Å². The minimum absolute atomic E-state index is 0.0234. The Labute approximate surface area is 242 Å². The number of benzene rings is 1. The number of nitrogens with zero attached hydrogens (tertiary/aromatic N) is 4. The Morgan fingerprint density at radius 1 is 1.12 bits per heavy atom. The van der Waals surface area contributed by atoms with Gasteiger partial charge in [-0.25, -0.2) is 8.42 Å². The maximum absolute atomic E-state index is 13.1. The second-order valence-corrected chi connectivity index (χ2v) is 14.3. The van der Waals surface area contributed by atoms with Crippen LogP contribution in [0.2, 0.25) is 0 Å². The van der Waals surface area contributed by atoms with E-state index in [1.807, 2.05) is 13.8 Å². The quantitative estimate of drug-likeness (QED) is 0.318. The lowest BCUT2D eigenvalue weighted by molar-refractivity contribution is 0.0109. The minimum atomic E-state index is -3.53. The van der Waals surface area contributed by atoms with Crippen LogP contribution in [0.4, 0.5) is 17.5 Å². The van der Waals surface area contributed by atoms with Crippen LogP contribution in [-0.4, -0.2) is 76.6 Å². The SMILES string of the molecule is CC(C)OC1C=C(C2CCN(C)CC2)C=CC1(C)Nc1nc(Nc2ccccc2S(=O)(=O)C(C)C)c2cn[nH]c2n1. The number of H-pyrrole nitrogens is 1. The fourth-order valence-electron chi connectivity index (χ4n) is 5.39. The summed E-state index contributed by atoms with van der Waals surface area (Å²) in [4.78, 5) is 12.1. The molecule has 1 fully saturated rings. The molecule has 2 aromatic heterocycles. The number of fused-ring (bicyclic) bond motifs is 1. The minimum Gasteiger partial charge on any atom is -0.369 e. The zero-order valence-electron chi connectivity index (χ0n) is 24.7. The molecule has 0 amide bonds. The number of allylic oxidation sites excluding steroid dienone is 2. The summed E-state index contributed by atoms with van der Waals surface area (Å²) in [5.74, 6) is 1.33. The molecule has 41 heavy (non-hydrogen) atoms. The second-order valence-electron chi connectivity index (χ2n) is 11.8. The molecule has 3 N–H and O–H groups in total. The highest BCUT2D eigenvalue weighted by molar-refractivity contribution is 7.92. The first-order chi connectivity index (χ1) is 19.5. The molecule has 220 valence electrons. The molecule has 10 nitrogen and oxygen atoms in total. The summed E-state index contributed by atoms with van der Waals surface area (Å²) < 4.78 is 32.6. The third kappa shape index (κ3) is 6.17. The highest BCUT2D eigenvalue weighted by Crippen LogP contribution is 2.35. The van der Waals surface area contributed by atoms with Gasteiger partial charge in [-0.3, -0.25) is 5.10 Å². The molecular weight excluding hydrogens is 538 g/mol. The van der Waals surface area contributed by atoms with Crippen LogP contribution in [0.1, 0.15) is 47.5 Å². The summed E-state index contributed by atoms with van der Waals surface area (Å²) in [6.07, 6.45) is 10.3. The topological polar surface area (TPSA) is 125 Å². The monoisotopic (exact) mass is 579 g/mol. The predicted molar refractivity (Wildman–Crippen MR) is 163 cm³/mol. The number of aromatic amines is 1. The summed E-state index contributed by atoms with van der Waals surface area (Å²) in [5, 5.41) is 14.0. The van der Waals surface area contributed by atoms with Crippen molar-refractivity contribution in [3.63, 3.8) is 0 Å². The highest BCUT2D eigenvalue weighted by atomic mass is 32.2.